The van der Waals surface area contributed by atoms with Gasteiger partial charge in [-0.1, -0.05) is 0 Å². The molecule has 176 valence electrons. The number of nitrogens with one attached hydrogen (secondary N) is 2. The van der Waals surface area contributed by atoms with Gasteiger partial charge in [0.05, 0.1) is 19.9 Å². The maximum atomic E-state index is 5.42. The van der Waals surface area contributed by atoms with Crippen LogP contribution in [0, 0.1) is 13.8 Å². The van der Waals surface area contributed by atoms with E-state index in [1.165, 1.54) is 5.69 Å². The van der Waals surface area contributed by atoms with E-state index in [-0.39, 0.29) is 0 Å². The summed E-state index contributed by atoms with van der Waals surface area (Å²) in [4.78, 5) is 7.18. The number of aliphatic imine (C=N–C) groups is 1. The molecule has 8 nitrogen and oxygen atoms in total. The Labute approximate surface area is 192 Å². The van der Waals surface area contributed by atoms with Crippen molar-refractivity contribution in [3.8, 4) is 11.5 Å². The largest absolute Gasteiger partial charge is 0.497 e. The van der Waals surface area contributed by atoms with E-state index >= 15 is 0 Å². The number of nitrogens with zero attached hydrogens (tertiary/aromatic N) is 4. The number of benzene rings is 1. The highest BCUT2D eigenvalue weighted by molar-refractivity contribution is 5.80. The number of guanidine groups is 1. The van der Waals surface area contributed by atoms with E-state index in [1.54, 1.807) is 14.2 Å². The molecule has 0 radical (unpaired) electrons. The van der Waals surface area contributed by atoms with Crippen LogP contribution in [0.2, 0.25) is 0 Å². The average molecular weight is 443 g/mol. The summed E-state index contributed by atoms with van der Waals surface area (Å²) in [5.41, 5.74) is 3.42. The number of hydrogen-bond donors (Lipinski definition) is 2. The Morgan fingerprint density at radius 2 is 1.78 bits per heavy atom. The maximum absolute atomic E-state index is 5.42. The molecule has 0 spiro atoms. The van der Waals surface area contributed by atoms with Gasteiger partial charge in [0.25, 0.3) is 0 Å². The van der Waals surface area contributed by atoms with E-state index in [1.807, 2.05) is 13.0 Å². The molecule has 0 bridgehead atoms. The molecule has 2 aromatic rings. The molecule has 1 aliphatic heterocycles. The predicted octanol–water partition coefficient (Wildman–Crippen LogP) is 3.13. The monoisotopic (exact) mass is 442 g/mol. The Hall–Kier alpha value is -2.90. The lowest BCUT2D eigenvalue weighted by Gasteiger charge is -2.34. The first-order chi connectivity index (χ1) is 15.5. The number of methoxy groups -OCH3 is 2. The van der Waals surface area contributed by atoms with Gasteiger partial charge in [-0.15, -0.1) is 0 Å². The molecule has 1 fully saturated rings. The van der Waals surface area contributed by atoms with Crippen LogP contribution in [0.3, 0.4) is 0 Å². The number of anilines is 1. The molecule has 1 aromatic heterocycles. The normalized spacial score (nSPS) is 15.0. The predicted molar refractivity (Wildman–Crippen MR) is 130 cm³/mol. The second kappa shape index (κ2) is 11.6. The Morgan fingerprint density at radius 3 is 2.34 bits per heavy atom. The van der Waals surface area contributed by atoms with E-state index in [0.29, 0.717) is 6.04 Å². The first-order valence-corrected chi connectivity index (χ1v) is 11.6. The molecule has 8 heteroatoms. The van der Waals surface area contributed by atoms with Crippen molar-refractivity contribution in [1.82, 2.24) is 20.4 Å². The van der Waals surface area contributed by atoms with Gasteiger partial charge in [0, 0.05) is 68.3 Å². The summed E-state index contributed by atoms with van der Waals surface area (Å²) in [5.74, 6) is 2.55. The molecule has 3 rings (SSSR count). The summed E-state index contributed by atoms with van der Waals surface area (Å²) in [6.45, 7) is 10.7. The number of hydrogen-bond acceptors (Lipinski definition) is 5. The number of ether oxygens (including phenoxy) is 2. The molecule has 0 amide bonds. The highest BCUT2D eigenvalue weighted by Gasteiger charge is 2.21. The van der Waals surface area contributed by atoms with Gasteiger partial charge in [-0.25, -0.2) is 0 Å². The van der Waals surface area contributed by atoms with Gasteiger partial charge in [-0.2, -0.15) is 5.10 Å². The van der Waals surface area contributed by atoms with Crippen molar-refractivity contribution in [3.05, 3.63) is 35.7 Å². The van der Waals surface area contributed by atoms with Gasteiger partial charge in [0.2, 0.25) is 0 Å². The van der Waals surface area contributed by atoms with E-state index in [2.05, 4.69) is 57.4 Å². The first kappa shape index (κ1) is 23.8. The number of rotatable bonds is 9. The molecule has 0 saturated carbocycles. The topological polar surface area (TPSA) is 75.9 Å². The summed E-state index contributed by atoms with van der Waals surface area (Å²) in [6.07, 6.45) is 3.07. The van der Waals surface area contributed by atoms with Gasteiger partial charge in [0.1, 0.15) is 11.5 Å². The van der Waals surface area contributed by atoms with E-state index < -0.39 is 0 Å². The van der Waals surface area contributed by atoms with E-state index in [0.717, 1.165) is 80.8 Å². The smallest absolute Gasteiger partial charge is 0.191 e. The third kappa shape index (κ3) is 6.55. The first-order valence-electron chi connectivity index (χ1n) is 11.6. The van der Waals surface area contributed by atoms with Crippen LogP contribution in [0.4, 0.5) is 5.69 Å². The lowest BCUT2D eigenvalue weighted by molar-refractivity contribution is 0.393. The van der Waals surface area contributed by atoms with E-state index in [9.17, 15) is 0 Å². The zero-order valence-corrected chi connectivity index (χ0v) is 20.1. The summed E-state index contributed by atoms with van der Waals surface area (Å²) in [6, 6.07) is 8.58. The molecule has 0 unspecified atom stereocenters. The molecule has 1 aromatic carbocycles. The highest BCUT2D eigenvalue weighted by atomic mass is 16.5. The van der Waals surface area contributed by atoms with E-state index in [4.69, 9.17) is 14.5 Å². The van der Waals surface area contributed by atoms with Crippen LogP contribution in [-0.2, 0) is 6.54 Å². The van der Waals surface area contributed by atoms with Gasteiger partial charge in [-0.05, 0) is 46.1 Å². The quantitative estimate of drug-likeness (QED) is 0.353. The molecule has 0 atom stereocenters. The van der Waals surface area contributed by atoms with Gasteiger partial charge < -0.3 is 25.0 Å². The Balaban J connectivity index is 1.50. The third-order valence-electron chi connectivity index (χ3n) is 5.78. The van der Waals surface area contributed by atoms with Crippen molar-refractivity contribution < 1.29 is 9.47 Å². The van der Waals surface area contributed by atoms with Crippen molar-refractivity contribution in [2.24, 2.45) is 4.99 Å². The van der Waals surface area contributed by atoms with Crippen LogP contribution in [0.15, 0.2) is 29.3 Å². The number of aryl methyl sites for hydroxylation is 3. The minimum absolute atomic E-state index is 0.410. The van der Waals surface area contributed by atoms with Gasteiger partial charge in [0.15, 0.2) is 5.96 Å². The van der Waals surface area contributed by atoms with Gasteiger partial charge in [-0.3, -0.25) is 9.67 Å². The van der Waals surface area contributed by atoms with Crippen LogP contribution < -0.4 is 25.0 Å². The van der Waals surface area contributed by atoms with Crippen LogP contribution >= 0.6 is 0 Å². The van der Waals surface area contributed by atoms with Crippen molar-refractivity contribution >= 4 is 11.6 Å². The summed E-state index contributed by atoms with van der Waals surface area (Å²) < 4.78 is 12.9. The van der Waals surface area contributed by atoms with Crippen molar-refractivity contribution in [2.45, 2.75) is 52.6 Å². The molecule has 0 aliphatic carbocycles. The molecule has 2 heterocycles. The summed E-state index contributed by atoms with van der Waals surface area (Å²) >= 11 is 0. The summed E-state index contributed by atoms with van der Waals surface area (Å²) in [5, 5.41) is 11.5. The second-order valence-electron chi connectivity index (χ2n) is 8.24. The van der Waals surface area contributed by atoms with Gasteiger partial charge >= 0.3 is 0 Å². The fourth-order valence-corrected chi connectivity index (χ4v) is 4.08. The van der Waals surface area contributed by atoms with Crippen molar-refractivity contribution in [3.63, 3.8) is 0 Å². The zero-order valence-electron chi connectivity index (χ0n) is 20.1. The fraction of sp³-hybridized carbons (Fsp3) is 0.583. The van der Waals surface area contributed by atoms with Crippen LogP contribution in [0.1, 0.15) is 37.6 Å². The van der Waals surface area contributed by atoms with Crippen molar-refractivity contribution in [1.29, 1.82) is 0 Å². The maximum Gasteiger partial charge on any atom is 0.191 e. The van der Waals surface area contributed by atoms with Crippen LogP contribution in [0.5, 0.6) is 11.5 Å². The molecule has 1 saturated heterocycles. The molecule has 1 aliphatic rings. The number of piperidine rings is 1. The lowest BCUT2D eigenvalue weighted by atomic mass is 10.0. The molecular weight excluding hydrogens is 404 g/mol. The SMILES string of the molecule is CCNC(=NCCCn1nc(C)cc1C)NC1CCN(c2cc(OC)cc(OC)c2)CC1. The highest BCUT2D eigenvalue weighted by Crippen LogP contribution is 2.30. The lowest BCUT2D eigenvalue weighted by Crippen LogP contribution is -2.48. The fourth-order valence-electron chi connectivity index (χ4n) is 4.08. The molecule has 32 heavy (non-hydrogen) atoms. The number of aromatic nitrogens is 2. The van der Waals surface area contributed by atoms with Crippen LogP contribution in [0.25, 0.3) is 0 Å². The zero-order chi connectivity index (χ0) is 22.9. The minimum atomic E-state index is 0.410. The minimum Gasteiger partial charge on any atom is -0.497 e. The second-order valence-corrected chi connectivity index (χ2v) is 8.24. The Bertz CT molecular complexity index is 864. The Kier molecular flexibility index (Phi) is 8.64. The molecule has 2 N–H and O–H groups in total. The standard InChI is InChI=1S/C24H38N6O2/c1-6-25-24(26-10-7-11-30-19(3)14-18(2)28-30)27-20-8-12-29(13-9-20)21-15-22(31-4)17-23(16-21)32-5/h14-17,20H,6-13H2,1-5H3,(H2,25,26,27). The Morgan fingerprint density at radius 1 is 1.09 bits per heavy atom. The van der Waals surface area contributed by atoms with Crippen LogP contribution in [-0.4, -0.2) is 62.2 Å². The molecular formula is C24H38N6O2. The average Bonchev–Trinajstić information content (AvgIpc) is 3.13. The third-order valence-corrected chi connectivity index (χ3v) is 5.78. The summed E-state index contributed by atoms with van der Waals surface area (Å²) in [7, 11) is 3.38. The van der Waals surface area contributed by atoms with Crippen molar-refractivity contribution in [2.75, 3.05) is 45.3 Å².